The van der Waals surface area contributed by atoms with Crippen LogP contribution in [0, 0.1) is 11.8 Å². The Morgan fingerprint density at radius 2 is 1.89 bits per heavy atom. The predicted molar refractivity (Wildman–Crippen MR) is 67.0 cm³/mol. The van der Waals surface area contributed by atoms with Crippen molar-refractivity contribution in [1.82, 2.24) is 4.90 Å². The number of carbonyl (C=O) groups excluding carboxylic acids is 1. The zero-order valence-electron chi connectivity index (χ0n) is 11.2. The standard InChI is InChI=1S/C12H20N4O2/c1-12(2,3)18-11(17)16-6-8-4-5-9(7-16)10(8)14-15-13/h8-10H,4-7H2,1-3H3. The highest BCUT2D eigenvalue weighted by Crippen LogP contribution is 2.39. The highest BCUT2D eigenvalue weighted by atomic mass is 16.6. The first-order valence-electron chi connectivity index (χ1n) is 6.43. The number of likely N-dealkylation sites (tertiary alicyclic amines) is 1. The summed E-state index contributed by atoms with van der Waals surface area (Å²) >= 11 is 0. The lowest BCUT2D eigenvalue weighted by Gasteiger charge is -2.36. The number of amides is 1. The van der Waals surface area contributed by atoms with Crippen LogP contribution < -0.4 is 0 Å². The number of azide groups is 1. The molecule has 1 aliphatic carbocycles. The SMILES string of the molecule is CC(C)(C)OC(=O)N1CC2CCC(C1)C2N=[N+]=[N-]. The summed E-state index contributed by atoms with van der Waals surface area (Å²) in [5.74, 6) is 0.597. The third-order valence-electron chi connectivity index (χ3n) is 3.62. The lowest BCUT2D eigenvalue weighted by atomic mass is 9.93. The monoisotopic (exact) mass is 252 g/mol. The Hall–Kier alpha value is -1.42. The number of carbonyl (C=O) groups is 1. The summed E-state index contributed by atoms with van der Waals surface area (Å²) in [6.45, 7) is 6.90. The van der Waals surface area contributed by atoms with E-state index in [9.17, 15) is 4.79 Å². The molecule has 2 aliphatic rings. The van der Waals surface area contributed by atoms with Crippen molar-refractivity contribution in [1.29, 1.82) is 0 Å². The molecule has 0 radical (unpaired) electrons. The van der Waals surface area contributed by atoms with Crippen LogP contribution >= 0.6 is 0 Å². The Kier molecular flexibility index (Phi) is 3.39. The first-order valence-corrected chi connectivity index (χ1v) is 6.43. The van der Waals surface area contributed by atoms with Gasteiger partial charge in [0.05, 0.1) is 0 Å². The van der Waals surface area contributed by atoms with Crippen molar-refractivity contribution in [2.45, 2.75) is 45.3 Å². The largest absolute Gasteiger partial charge is 0.444 e. The van der Waals surface area contributed by atoms with Gasteiger partial charge in [0.1, 0.15) is 5.60 Å². The van der Waals surface area contributed by atoms with Crippen LogP contribution in [0.4, 0.5) is 4.79 Å². The van der Waals surface area contributed by atoms with Gasteiger partial charge < -0.3 is 9.64 Å². The third-order valence-corrected chi connectivity index (χ3v) is 3.62. The van der Waals surface area contributed by atoms with E-state index in [0.717, 1.165) is 12.8 Å². The number of fused-ring (bicyclic) bond motifs is 2. The van der Waals surface area contributed by atoms with E-state index >= 15 is 0 Å². The molecule has 1 amide bonds. The molecule has 0 N–H and O–H groups in total. The Morgan fingerprint density at radius 3 is 2.33 bits per heavy atom. The van der Waals surface area contributed by atoms with E-state index in [1.54, 1.807) is 4.90 Å². The molecule has 2 atom stereocenters. The maximum absolute atomic E-state index is 12.0. The van der Waals surface area contributed by atoms with Crippen LogP contribution in [0.5, 0.6) is 0 Å². The van der Waals surface area contributed by atoms with Crippen molar-refractivity contribution in [2.24, 2.45) is 17.0 Å². The molecule has 100 valence electrons. The van der Waals surface area contributed by atoms with Crippen LogP contribution in [0.25, 0.3) is 10.4 Å². The summed E-state index contributed by atoms with van der Waals surface area (Å²) in [6.07, 6.45) is 1.82. The van der Waals surface area contributed by atoms with Gasteiger partial charge in [0, 0.05) is 24.0 Å². The summed E-state index contributed by atoms with van der Waals surface area (Å²) in [5, 5.41) is 3.88. The lowest BCUT2D eigenvalue weighted by Crippen LogP contribution is -2.48. The van der Waals surface area contributed by atoms with Gasteiger partial charge in [-0.25, -0.2) is 4.79 Å². The highest BCUT2D eigenvalue weighted by molar-refractivity contribution is 5.68. The van der Waals surface area contributed by atoms with Crippen LogP contribution in [-0.4, -0.2) is 35.7 Å². The molecule has 1 aliphatic heterocycles. The van der Waals surface area contributed by atoms with Crippen molar-refractivity contribution >= 4 is 6.09 Å². The van der Waals surface area contributed by atoms with E-state index in [-0.39, 0.29) is 12.1 Å². The average molecular weight is 252 g/mol. The van der Waals surface area contributed by atoms with Gasteiger partial charge in [-0.3, -0.25) is 0 Å². The van der Waals surface area contributed by atoms with Gasteiger partial charge >= 0.3 is 6.09 Å². The van der Waals surface area contributed by atoms with E-state index in [2.05, 4.69) is 10.0 Å². The minimum Gasteiger partial charge on any atom is -0.444 e. The van der Waals surface area contributed by atoms with Crippen LogP contribution in [0.1, 0.15) is 33.6 Å². The average Bonchev–Trinajstić information content (AvgIpc) is 2.49. The second-order valence-electron chi connectivity index (χ2n) is 6.18. The first-order chi connectivity index (χ1) is 8.40. The maximum Gasteiger partial charge on any atom is 0.410 e. The summed E-state index contributed by atoms with van der Waals surface area (Å²) in [5.41, 5.74) is 8.10. The number of piperidine rings is 1. The fraction of sp³-hybridized carbons (Fsp3) is 0.917. The van der Waals surface area contributed by atoms with Crippen LogP contribution in [0.3, 0.4) is 0 Å². The second kappa shape index (κ2) is 4.69. The Balaban J connectivity index is 2.00. The van der Waals surface area contributed by atoms with Crippen molar-refractivity contribution in [2.75, 3.05) is 13.1 Å². The summed E-state index contributed by atoms with van der Waals surface area (Å²) in [6, 6.07) is 0.0636. The van der Waals surface area contributed by atoms with Gasteiger partial charge in [-0.2, -0.15) is 0 Å². The molecule has 2 unspecified atom stereocenters. The number of hydrogen-bond donors (Lipinski definition) is 0. The Morgan fingerprint density at radius 1 is 1.33 bits per heavy atom. The van der Waals surface area contributed by atoms with Gasteiger partial charge in [-0.05, 0) is 51.0 Å². The minimum absolute atomic E-state index is 0.0636. The van der Waals surface area contributed by atoms with Gasteiger partial charge in [-0.15, -0.1) is 0 Å². The zero-order chi connectivity index (χ0) is 13.3. The number of ether oxygens (including phenoxy) is 1. The third kappa shape index (κ3) is 2.70. The van der Waals surface area contributed by atoms with Crippen LogP contribution in [0.15, 0.2) is 5.11 Å². The molecule has 1 heterocycles. The Labute approximate surface area is 107 Å². The molecule has 2 bridgehead atoms. The smallest absolute Gasteiger partial charge is 0.410 e. The zero-order valence-corrected chi connectivity index (χ0v) is 11.2. The van der Waals surface area contributed by atoms with Crippen LogP contribution in [-0.2, 0) is 4.74 Å². The number of nitrogens with zero attached hydrogens (tertiary/aromatic N) is 4. The Bertz CT molecular complexity index is 370. The lowest BCUT2D eigenvalue weighted by molar-refractivity contribution is 0.0134. The molecule has 6 nitrogen and oxygen atoms in total. The molecular formula is C12H20N4O2. The van der Waals surface area contributed by atoms with E-state index < -0.39 is 5.60 Å². The summed E-state index contributed by atoms with van der Waals surface area (Å²) < 4.78 is 5.38. The van der Waals surface area contributed by atoms with E-state index in [1.807, 2.05) is 20.8 Å². The fourth-order valence-corrected chi connectivity index (χ4v) is 2.92. The second-order valence-corrected chi connectivity index (χ2v) is 6.18. The molecule has 2 fully saturated rings. The topological polar surface area (TPSA) is 78.3 Å². The molecule has 1 saturated carbocycles. The molecule has 0 aromatic rings. The first kappa shape index (κ1) is 13.0. The molecule has 0 aromatic carbocycles. The van der Waals surface area contributed by atoms with Crippen molar-refractivity contribution in [3.8, 4) is 0 Å². The molecule has 6 heteroatoms. The predicted octanol–water partition coefficient (Wildman–Crippen LogP) is 2.94. The van der Waals surface area contributed by atoms with E-state index in [0.29, 0.717) is 24.9 Å². The highest BCUT2D eigenvalue weighted by Gasteiger charge is 2.43. The quantitative estimate of drug-likeness (QED) is 0.408. The number of rotatable bonds is 1. The molecule has 2 rings (SSSR count). The molecule has 18 heavy (non-hydrogen) atoms. The van der Waals surface area contributed by atoms with Crippen molar-refractivity contribution in [3.05, 3.63) is 10.4 Å². The van der Waals surface area contributed by atoms with E-state index in [4.69, 9.17) is 10.3 Å². The van der Waals surface area contributed by atoms with Gasteiger partial charge in [-0.1, -0.05) is 5.11 Å². The summed E-state index contributed by atoms with van der Waals surface area (Å²) in [7, 11) is 0. The van der Waals surface area contributed by atoms with E-state index in [1.165, 1.54) is 0 Å². The summed E-state index contributed by atoms with van der Waals surface area (Å²) in [4.78, 5) is 16.7. The van der Waals surface area contributed by atoms with Crippen molar-refractivity contribution < 1.29 is 9.53 Å². The maximum atomic E-state index is 12.0. The normalized spacial score (nSPS) is 30.8. The fourth-order valence-electron chi connectivity index (χ4n) is 2.92. The van der Waals surface area contributed by atoms with Crippen molar-refractivity contribution in [3.63, 3.8) is 0 Å². The van der Waals surface area contributed by atoms with Crippen LogP contribution in [0.2, 0.25) is 0 Å². The molecule has 0 aromatic heterocycles. The van der Waals surface area contributed by atoms with Gasteiger partial charge in [0.25, 0.3) is 0 Å². The molecular weight excluding hydrogens is 232 g/mol. The number of hydrogen-bond acceptors (Lipinski definition) is 3. The molecule has 0 spiro atoms. The minimum atomic E-state index is -0.461. The van der Waals surface area contributed by atoms with Gasteiger partial charge in [0.2, 0.25) is 0 Å². The molecule has 1 saturated heterocycles. The van der Waals surface area contributed by atoms with Gasteiger partial charge in [0.15, 0.2) is 0 Å².